The van der Waals surface area contributed by atoms with E-state index in [4.69, 9.17) is 9.84 Å². The fourth-order valence-electron chi connectivity index (χ4n) is 1.52. The highest BCUT2D eigenvalue weighted by Crippen LogP contribution is 2.09. The van der Waals surface area contributed by atoms with Crippen LogP contribution in [0.2, 0.25) is 0 Å². The van der Waals surface area contributed by atoms with Crippen molar-refractivity contribution in [3.63, 3.8) is 0 Å². The molecule has 0 unspecified atom stereocenters. The molecule has 0 amide bonds. The van der Waals surface area contributed by atoms with Gasteiger partial charge in [-0.2, -0.15) is 0 Å². The summed E-state index contributed by atoms with van der Waals surface area (Å²) in [5, 5.41) is 8.83. The standard InChI is InChI=1S/C15H18O5/c1-19-14(17)10-9-13(8-5-11-16)20-15(18)12-6-3-2-4-7-12/h2-4,6-7,9-10,13,16H,5,8,11H2,1H3/b10-9-/t13-/m1/s1. The Morgan fingerprint density at radius 3 is 2.60 bits per heavy atom. The SMILES string of the molecule is COC(=O)/C=C\[C@@H](CCCO)OC(=O)c1ccccc1. The molecule has 0 aromatic heterocycles. The van der Waals surface area contributed by atoms with Crippen LogP contribution in [0.5, 0.6) is 0 Å². The minimum Gasteiger partial charge on any atom is -0.466 e. The number of methoxy groups -OCH3 is 1. The van der Waals surface area contributed by atoms with Crippen molar-refractivity contribution in [2.24, 2.45) is 0 Å². The van der Waals surface area contributed by atoms with Crippen molar-refractivity contribution < 1.29 is 24.2 Å². The smallest absolute Gasteiger partial charge is 0.338 e. The van der Waals surface area contributed by atoms with Gasteiger partial charge in [-0.15, -0.1) is 0 Å². The molecular formula is C15H18O5. The molecular weight excluding hydrogens is 260 g/mol. The van der Waals surface area contributed by atoms with Crippen LogP contribution in [-0.2, 0) is 14.3 Å². The van der Waals surface area contributed by atoms with Crippen LogP contribution in [0.1, 0.15) is 23.2 Å². The number of aliphatic hydroxyl groups excluding tert-OH is 1. The number of benzene rings is 1. The van der Waals surface area contributed by atoms with Crippen molar-refractivity contribution in [3.8, 4) is 0 Å². The Kier molecular flexibility index (Phi) is 7.06. The van der Waals surface area contributed by atoms with E-state index in [-0.39, 0.29) is 6.61 Å². The number of esters is 2. The van der Waals surface area contributed by atoms with Crippen molar-refractivity contribution >= 4 is 11.9 Å². The second kappa shape index (κ2) is 8.87. The van der Waals surface area contributed by atoms with Gasteiger partial charge in [0.05, 0.1) is 12.7 Å². The number of carbonyl (C=O) groups excluding carboxylic acids is 2. The van der Waals surface area contributed by atoms with Crippen LogP contribution in [-0.4, -0.2) is 36.9 Å². The van der Waals surface area contributed by atoms with Crippen LogP contribution in [0, 0.1) is 0 Å². The van der Waals surface area contributed by atoms with Gasteiger partial charge >= 0.3 is 11.9 Å². The highest BCUT2D eigenvalue weighted by atomic mass is 16.5. The zero-order valence-electron chi connectivity index (χ0n) is 11.3. The summed E-state index contributed by atoms with van der Waals surface area (Å²) in [4.78, 5) is 22.9. The third kappa shape index (κ3) is 5.67. The van der Waals surface area contributed by atoms with E-state index >= 15 is 0 Å². The first-order chi connectivity index (χ1) is 9.67. The second-order valence-electron chi connectivity index (χ2n) is 4.06. The van der Waals surface area contributed by atoms with Crippen molar-refractivity contribution in [1.29, 1.82) is 0 Å². The Bertz CT molecular complexity index is 453. The molecule has 1 rings (SSSR count). The highest BCUT2D eigenvalue weighted by Gasteiger charge is 2.13. The molecule has 1 aromatic rings. The third-order valence-electron chi connectivity index (χ3n) is 2.56. The third-order valence-corrected chi connectivity index (χ3v) is 2.56. The van der Waals surface area contributed by atoms with E-state index in [0.29, 0.717) is 18.4 Å². The molecule has 108 valence electrons. The molecule has 1 N–H and O–H groups in total. The zero-order chi connectivity index (χ0) is 14.8. The van der Waals surface area contributed by atoms with Gasteiger partial charge in [-0.3, -0.25) is 0 Å². The van der Waals surface area contributed by atoms with Gasteiger partial charge in [-0.1, -0.05) is 18.2 Å². The quantitative estimate of drug-likeness (QED) is 0.607. The lowest BCUT2D eigenvalue weighted by atomic mass is 10.1. The summed E-state index contributed by atoms with van der Waals surface area (Å²) in [5.41, 5.74) is 0.438. The topological polar surface area (TPSA) is 72.8 Å². The van der Waals surface area contributed by atoms with Crippen molar-refractivity contribution in [2.45, 2.75) is 18.9 Å². The number of hydrogen-bond donors (Lipinski definition) is 1. The van der Waals surface area contributed by atoms with Crippen LogP contribution in [0.3, 0.4) is 0 Å². The predicted molar refractivity (Wildman–Crippen MR) is 73.1 cm³/mol. The Morgan fingerprint density at radius 1 is 1.30 bits per heavy atom. The summed E-state index contributed by atoms with van der Waals surface area (Å²) in [7, 11) is 1.27. The summed E-state index contributed by atoms with van der Waals surface area (Å²) in [6.07, 6.45) is 3.00. The summed E-state index contributed by atoms with van der Waals surface area (Å²) in [5.74, 6) is -0.988. The van der Waals surface area contributed by atoms with Crippen LogP contribution in [0.15, 0.2) is 42.5 Å². The number of hydrogen-bond acceptors (Lipinski definition) is 5. The Hall–Kier alpha value is -2.14. The molecule has 5 heteroatoms. The highest BCUT2D eigenvalue weighted by molar-refractivity contribution is 5.89. The van der Waals surface area contributed by atoms with Crippen LogP contribution < -0.4 is 0 Å². The van der Waals surface area contributed by atoms with E-state index < -0.39 is 18.0 Å². The molecule has 5 nitrogen and oxygen atoms in total. The van der Waals surface area contributed by atoms with Gasteiger partial charge in [0, 0.05) is 12.7 Å². The van der Waals surface area contributed by atoms with Crippen LogP contribution in [0.25, 0.3) is 0 Å². The molecule has 1 aromatic carbocycles. The van der Waals surface area contributed by atoms with Crippen molar-refractivity contribution in [2.75, 3.05) is 13.7 Å². The summed E-state index contributed by atoms with van der Waals surface area (Å²) in [6.45, 7) is -0.00848. The number of aliphatic hydroxyl groups is 1. The summed E-state index contributed by atoms with van der Waals surface area (Å²) in [6, 6.07) is 8.58. The monoisotopic (exact) mass is 278 g/mol. The molecule has 0 saturated heterocycles. The average Bonchev–Trinajstić information content (AvgIpc) is 2.50. The van der Waals surface area contributed by atoms with Gasteiger partial charge in [-0.25, -0.2) is 9.59 Å². The molecule has 0 bridgehead atoms. The Labute approximate surface area is 117 Å². The molecule has 0 fully saturated rings. The summed E-state index contributed by atoms with van der Waals surface area (Å²) < 4.78 is 9.77. The minimum absolute atomic E-state index is 0.00848. The van der Waals surface area contributed by atoms with Crippen molar-refractivity contribution in [3.05, 3.63) is 48.0 Å². The van der Waals surface area contributed by atoms with Gasteiger partial charge in [-0.05, 0) is 31.1 Å². The first kappa shape index (κ1) is 15.9. The number of rotatable bonds is 7. The molecule has 0 saturated carbocycles. The van der Waals surface area contributed by atoms with E-state index in [1.807, 2.05) is 0 Å². The molecule has 0 aliphatic rings. The lowest BCUT2D eigenvalue weighted by Crippen LogP contribution is -2.17. The Balaban J connectivity index is 2.66. The van der Waals surface area contributed by atoms with Gasteiger partial charge in [0.1, 0.15) is 6.10 Å². The number of carbonyl (C=O) groups is 2. The predicted octanol–water partition coefficient (Wildman–Crippen LogP) is 1.71. The molecule has 0 heterocycles. The number of ether oxygens (including phenoxy) is 2. The first-order valence-electron chi connectivity index (χ1n) is 6.30. The fourth-order valence-corrected chi connectivity index (χ4v) is 1.52. The van der Waals surface area contributed by atoms with Crippen LogP contribution >= 0.6 is 0 Å². The van der Waals surface area contributed by atoms with E-state index in [1.165, 1.54) is 19.3 Å². The van der Waals surface area contributed by atoms with Gasteiger partial charge in [0.2, 0.25) is 0 Å². The maximum atomic E-state index is 11.9. The molecule has 0 radical (unpaired) electrons. The van der Waals surface area contributed by atoms with Gasteiger partial charge in [0.25, 0.3) is 0 Å². The van der Waals surface area contributed by atoms with Gasteiger partial charge < -0.3 is 14.6 Å². The summed E-state index contributed by atoms with van der Waals surface area (Å²) >= 11 is 0. The molecule has 0 aliphatic heterocycles. The fraction of sp³-hybridized carbons (Fsp3) is 0.333. The van der Waals surface area contributed by atoms with Crippen molar-refractivity contribution in [1.82, 2.24) is 0 Å². The lowest BCUT2D eigenvalue weighted by Gasteiger charge is -2.13. The van der Waals surface area contributed by atoms with E-state index in [2.05, 4.69) is 4.74 Å². The average molecular weight is 278 g/mol. The van der Waals surface area contributed by atoms with E-state index in [9.17, 15) is 9.59 Å². The maximum absolute atomic E-state index is 11.9. The molecule has 0 spiro atoms. The largest absolute Gasteiger partial charge is 0.466 e. The minimum atomic E-state index is -0.575. The molecule has 1 atom stereocenters. The van der Waals surface area contributed by atoms with Crippen LogP contribution in [0.4, 0.5) is 0 Å². The van der Waals surface area contributed by atoms with Gasteiger partial charge in [0.15, 0.2) is 0 Å². The maximum Gasteiger partial charge on any atom is 0.338 e. The normalized spacial score (nSPS) is 12.1. The zero-order valence-corrected chi connectivity index (χ0v) is 11.3. The lowest BCUT2D eigenvalue weighted by molar-refractivity contribution is -0.134. The second-order valence-corrected chi connectivity index (χ2v) is 4.06. The van der Waals surface area contributed by atoms with E-state index in [0.717, 1.165) is 0 Å². The first-order valence-corrected chi connectivity index (χ1v) is 6.30. The molecule has 20 heavy (non-hydrogen) atoms. The molecule has 0 aliphatic carbocycles. The van der Waals surface area contributed by atoms with E-state index in [1.54, 1.807) is 30.3 Å². The Morgan fingerprint density at radius 2 is 2.00 bits per heavy atom.